The Morgan fingerprint density at radius 1 is 1.44 bits per heavy atom. The summed E-state index contributed by atoms with van der Waals surface area (Å²) < 4.78 is 19.3. The van der Waals surface area contributed by atoms with E-state index in [1.807, 2.05) is 21.0 Å². The molecular formula is C13H22FN3O. The van der Waals surface area contributed by atoms with Crippen molar-refractivity contribution >= 4 is 0 Å². The van der Waals surface area contributed by atoms with Crippen molar-refractivity contribution in [3.8, 4) is 5.88 Å². The van der Waals surface area contributed by atoms with E-state index in [1.165, 1.54) is 0 Å². The van der Waals surface area contributed by atoms with Gasteiger partial charge in [-0.1, -0.05) is 6.92 Å². The molecule has 5 heteroatoms. The van der Waals surface area contributed by atoms with Crippen LogP contribution >= 0.6 is 0 Å². The standard InChI is InChI=1S/C13H22FN3O/c1-4-15-10-11-6-7-16-13(12(11)14)18-9-5-8-17(2)3/h6-7,15H,4-5,8-10H2,1-3H3. The molecule has 0 amide bonds. The first-order valence-electron chi connectivity index (χ1n) is 6.26. The smallest absolute Gasteiger partial charge is 0.250 e. The Hall–Kier alpha value is -1.20. The number of nitrogens with one attached hydrogen (secondary N) is 1. The molecule has 0 atom stereocenters. The predicted molar refractivity (Wildman–Crippen MR) is 70.2 cm³/mol. The van der Waals surface area contributed by atoms with E-state index in [0.29, 0.717) is 18.7 Å². The third kappa shape index (κ3) is 4.98. The highest BCUT2D eigenvalue weighted by atomic mass is 19.1. The van der Waals surface area contributed by atoms with E-state index in [4.69, 9.17) is 4.74 Å². The molecule has 0 aliphatic rings. The molecule has 0 saturated carbocycles. The Morgan fingerprint density at radius 2 is 2.22 bits per heavy atom. The van der Waals surface area contributed by atoms with Crippen LogP contribution in [-0.2, 0) is 6.54 Å². The molecule has 0 bridgehead atoms. The molecule has 4 nitrogen and oxygen atoms in total. The molecule has 0 unspecified atom stereocenters. The summed E-state index contributed by atoms with van der Waals surface area (Å²) in [6, 6.07) is 1.67. The molecule has 0 aliphatic heterocycles. The van der Waals surface area contributed by atoms with Crippen LogP contribution in [0.5, 0.6) is 5.88 Å². The van der Waals surface area contributed by atoms with Crippen molar-refractivity contribution < 1.29 is 9.13 Å². The van der Waals surface area contributed by atoms with Crippen LogP contribution < -0.4 is 10.1 Å². The number of ether oxygens (including phenoxy) is 1. The number of hydrogen-bond acceptors (Lipinski definition) is 4. The van der Waals surface area contributed by atoms with Gasteiger partial charge in [0.1, 0.15) is 0 Å². The topological polar surface area (TPSA) is 37.4 Å². The Kier molecular flexibility index (Phi) is 6.60. The van der Waals surface area contributed by atoms with E-state index in [-0.39, 0.29) is 11.7 Å². The lowest BCUT2D eigenvalue weighted by Gasteiger charge is -2.11. The third-order valence-corrected chi connectivity index (χ3v) is 2.49. The van der Waals surface area contributed by atoms with E-state index >= 15 is 0 Å². The Balaban J connectivity index is 2.49. The molecule has 1 aromatic heterocycles. The molecule has 1 heterocycles. The lowest BCUT2D eigenvalue weighted by Crippen LogP contribution is -2.16. The van der Waals surface area contributed by atoms with Crippen molar-refractivity contribution in [2.75, 3.05) is 33.8 Å². The van der Waals surface area contributed by atoms with Crippen molar-refractivity contribution in [1.29, 1.82) is 0 Å². The average Bonchev–Trinajstić information content (AvgIpc) is 2.34. The van der Waals surface area contributed by atoms with Crippen molar-refractivity contribution in [1.82, 2.24) is 15.2 Å². The van der Waals surface area contributed by atoms with Crippen LogP contribution in [0.15, 0.2) is 12.3 Å². The van der Waals surface area contributed by atoms with Gasteiger partial charge in [0.05, 0.1) is 6.61 Å². The van der Waals surface area contributed by atoms with Crippen LogP contribution in [-0.4, -0.2) is 43.7 Å². The summed E-state index contributed by atoms with van der Waals surface area (Å²) in [5, 5.41) is 3.08. The molecule has 0 saturated heterocycles. The summed E-state index contributed by atoms with van der Waals surface area (Å²) >= 11 is 0. The van der Waals surface area contributed by atoms with E-state index in [0.717, 1.165) is 19.5 Å². The fraction of sp³-hybridized carbons (Fsp3) is 0.615. The Labute approximate surface area is 108 Å². The number of pyridine rings is 1. The third-order valence-electron chi connectivity index (χ3n) is 2.49. The molecule has 0 radical (unpaired) electrons. The zero-order valence-electron chi connectivity index (χ0n) is 11.4. The highest BCUT2D eigenvalue weighted by Crippen LogP contribution is 2.17. The Bertz CT molecular complexity index is 358. The molecule has 18 heavy (non-hydrogen) atoms. The molecule has 0 aromatic carbocycles. The molecule has 102 valence electrons. The maximum absolute atomic E-state index is 13.9. The van der Waals surface area contributed by atoms with E-state index in [1.54, 1.807) is 12.3 Å². The first-order chi connectivity index (χ1) is 8.65. The van der Waals surface area contributed by atoms with Gasteiger partial charge in [-0.2, -0.15) is 0 Å². The minimum absolute atomic E-state index is 0.101. The van der Waals surface area contributed by atoms with Crippen LogP contribution in [0.25, 0.3) is 0 Å². The van der Waals surface area contributed by atoms with E-state index < -0.39 is 0 Å². The largest absolute Gasteiger partial charge is 0.476 e. The highest BCUT2D eigenvalue weighted by Gasteiger charge is 2.10. The second kappa shape index (κ2) is 8.00. The summed E-state index contributed by atoms with van der Waals surface area (Å²) in [5.41, 5.74) is 0.592. The zero-order chi connectivity index (χ0) is 13.4. The highest BCUT2D eigenvalue weighted by molar-refractivity contribution is 5.23. The fourth-order valence-electron chi connectivity index (χ4n) is 1.51. The van der Waals surface area contributed by atoms with E-state index in [9.17, 15) is 4.39 Å². The fourth-order valence-corrected chi connectivity index (χ4v) is 1.51. The van der Waals surface area contributed by atoms with Crippen molar-refractivity contribution in [3.63, 3.8) is 0 Å². The maximum atomic E-state index is 13.9. The minimum Gasteiger partial charge on any atom is -0.476 e. The number of halogens is 1. The molecule has 0 spiro atoms. The number of aromatic nitrogens is 1. The summed E-state index contributed by atoms with van der Waals surface area (Å²) in [7, 11) is 3.99. The summed E-state index contributed by atoms with van der Waals surface area (Å²) in [6.45, 7) is 4.68. The lowest BCUT2D eigenvalue weighted by atomic mass is 10.2. The number of hydrogen-bond donors (Lipinski definition) is 1. The lowest BCUT2D eigenvalue weighted by molar-refractivity contribution is 0.260. The molecular weight excluding hydrogens is 233 g/mol. The quantitative estimate of drug-likeness (QED) is 0.717. The summed E-state index contributed by atoms with van der Waals surface area (Å²) in [6.07, 6.45) is 2.43. The van der Waals surface area contributed by atoms with Crippen LogP contribution in [0.4, 0.5) is 4.39 Å². The van der Waals surface area contributed by atoms with Gasteiger partial charge in [0.25, 0.3) is 5.88 Å². The zero-order valence-corrected chi connectivity index (χ0v) is 11.4. The molecule has 1 rings (SSSR count). The van der Waals surface area contributed by atoms with Gasteiger partial charge in [-0.05, 0) is 33.1 Å². The van der Waals surface area contributed by atoms with Crippen molar-refractivity contribution in [3.05, 3.63) is 23.6 Å². The summed E-state index contributed by atoms with van der Waals surface area (Å²) in [4.78, 5) is 5.99. The molecule has 1 N–H and O–H groups in total. The van der Waals surface area contributed by atoms with Crippen LogP contribution in [0.1, 0.15) is 18.9 Å². The molecule has 1 aromatic rings. The van der Waals surface area contributed by atoms with Gasteiger partial charge in [-0.25, -0.2) is 9.37 Å². The normalized spacial score (nSPS) is 10.9. The van der Waals surface area contributed by atoms with Gasteiger partial charge in [0, 0.05) is 24.8 Å². The van der Waals surface area contributed by atoms with Crippen LogP contribution in [0, 0.1) is 5.82 Å². The maximum Gasteiger partial charge on any atom is 0.250 e. The first kappa shape index (κ1) is 14.9. The molecule has 0 aliphatic carbocycles. The van der Waals surface area contributed by atoms with Crippen molar-refractivity contribution in [2.24, 2.45) is 0 Å². The van der Waals surface area contributed by atoms with Crippen molar-refractivity contribution in [2.45, 2.75) is 19.9 Å². The van der Waals surface area contributed by atoms with Crippen LogP contribution in [0.3, 0.4) is 0 Å². The molecule has 0 fully saturated rings. The average molecular weight is 255 g/mol. The van der Waals surface area contributed by atoms with E-state index in [2.05, 4.69) is 15.2 Å². The monoisotopic (exact) mass is 255 g/mol. The number of nitrogens with zero attached hydrogens (tertiary/aromatic N) is 2. The SMILES string of the molecule is CCNCc1ccnc(OCCCN(C)C)c1F. The van der Waals surface area contributed by atoms with Gasteiger partial charge in [0.2, 0.25) is 0 Å². The predicted octanol–water partition coefficient (Wildman–Crippen LogP) is 1.66. The van der Waals surface area contributed by atoms with Gasteiger partial charge >= 0.3 is 0 Å². The first-order valence-corrected chi connectivity index (χ1v) is 6.26. The second-order valence-electron chi connectivity index (χ2n) is 4.37. The minimum atomic E-state index is -0.358. The van der Waals surface area contributed by atoms with Crippen LogP contribution in [0.2, 0.25) is 0 Å². The van der Waals surface area contributed by atoms with Gasteiger partial charge in [-0.15, -0.1) is 0 Å². The van der Waals surface area contributed by atoms with Gasteiger partial charge in [-0.3, -0.25) is 0 Å². The Morgan fingerprint density at radius 3 is 2.89 bits per heavy atom. The second-order valence-corrected chi connectivity index (χ2v) is 4.37. The summed E-state index contributed by atoms with van der Waals surface area (Å²) in [5.74, 6) is -0.257. The van der Waals surface area contributed by atoms with Gasteiger partial charge in [0.15, 0.2) is 5.82 Å². The van der Waals surface area contributed by atoms with Gasteiger partial charge < -0.3 is 15.0 Å². The number of rotatable bonds is 8.